The molecule has 20 heavy (non-hydrogen) atoms. The molecule has 2 heterocycles. The van der Waals surface area contributed by atoms with Gasteiger partial charge in [-0.3, -0.25) is 4.79 Å². The summed E-state index contributed by atoms with van der Waals surface area (Å²) in [6.07, 6.45) is 4.68. The first-order chi connectivity index (χ1) is 9.65. The summed E-state index contributed by atoms with van der Waals surface area (Å²) in [5.41, 5.74) is 0. The maximum Gasteiger partial charge on any atom is 0.233 e. The van der Waals surface area contributed by atoms with Gasteiger partial charge in [-0.15, -0.1) is 10.2 Å². The van der Waals surface area contributed by atoms with Gasteiger partial charge in [-0.05, 0) is 26.2 Å². The molecule has 1 N–H and O–H groups in total. The predicted molar refractivity (Wildman–Crippen MR) is 75.4 cm³/mol. The molecular weight excluding hydrogens is 276 g/mol. The summed E-state index contributed by atoms with van der Waals surface area (Å²) in [6.45, 7) is 3.22. The highest BCUT2D eigenvalue weighted by Crippen LogP contribution is 2.37. The zero-order chi connectivity index (χ0) is 14.1. The molecular formula is C13H20N4O2S. The summed E-state index contributed by atoms with van der Waals surface area (Å²) < 4.78 is 2.07. The smallest absolute Gasteiger partial charge is 0.233 e. The number of aliphatic hydroxyl groups excluding tert-OH is 1. The van der Waals surface area contributed by atoms with Crippen LogP contribution in [-0.2, 0) is 4.79 Å². The lowest BCUT2D eigenvalue weighted by Crippen LogP contribution is -2.31. The molecule has 0 radical (unpaired) electrons. The molecule has 2 unspecified atom stereocenters. The van der Waals surface area contributed by atoms with E-state index in [0.717, 1.165) is 18.1 Å². The van der Waals surface area contributed by atoms with Gasteiger partial charge in [0.05, 0.1) is 11.9 Å². The van der Waals surface area contributed by atoms with Crippen molar-refractivity contribution in [3.05, 3.63) is 6.33 Å². The average Bonchev–Trinajstić information content (AvgIpc) is 2.97. The molecule has 6 nitrogen and oxygen atoms in total. The molecule has 0 bridgehead atoms. The highest BCUT2D eigenvalue weighted by Gasteiger charge is 2.30. The molecule has 2 aliphatic rings. The van der Waals surface area contributed by atoms with Gasteiger partial charge in [0, 0.05) is 25.0 Å². The number of carbonyl (C=O) groups is 1. The monoisotopic (exact) mass is 296 g/mol. The molecule has 1 aromatic heterocycles. The summed E-state index contributed by atoms with van der Waals surface area (Å²) in [7, 11) is 0. The molecule has 1 saturated heterocycles. The SMILES string of the molecule is CC(O)C1CCN(C(=O)CSc2nncn2C2CC2)C1. The summed E-state index contributed by atoms with van der Waals surface area (Å²) in [6, 6.07) is 0.536. The maximum absolute atomic E-state index is 12.2. The van der Waals surface area contributed by atoms with Gasteiger partial charge in [-0.1, -0.05) is 11.8 Å². The van der Waals surface area contributed by atoms with E-state index in [0.29, 0.717) is 18.3 Å². The van der Waals surface area contributed by atoms with Crippen molar-refractivity contribution < 1.29 is 9.90 Å². The number of aliphatic hydroxyl groups is 1. The Hall–Kier alpha value is -1.08. The Labute approximate surface area is 122 Å². The number of carbonyl (C=O) groups excluding carboxylic acids is 1. The lowest BCUT2D eigenvalue weighted by molar-refractivity contribution is -0.127. The fourth-order valence-electron chi connectivity index (χ4n) is 2.56. The third-order valence-corrected chi connectivity index (χ3v) is 5.01. The molecule has 1 aromatic rings. The quantitative estimate of drug-likeness (QED) is 0.819. The van der Waals surface area contributed by atoms with Gasteiger partial charge in [-0.2, -0.15) is 0 Å². The molecule has 2 atom stereocenters. The number of hydrogen-bond acceptors (Lipinski definition) is 5. The second-order valence-corrected chi connectivity index (χ2v) is 6.61. The Morgan fingerprint density at radius 3 is 3.00 bits per heavy atom. The van der Waals surface area contributed by atoms with Crippen LogP contribution in [0.4, 0.5) is 0 Å². The van der Waals surface area contributed by atoms with Crippen LogP contribution in [0.3, 0.4) is 0 Å². The number of aromatic nitrogens is 3. The van der Waals surface area contributed by atoms with Crippen molar-refractivity contribution in [1.82, 2.24) is 19.7 Å². The van der Waals surface area contributed by atoms with E-state index in [2.05, 4.69) is 14.8 Å². The van der Waals surface area contributed by atoms with Crippen LogP contribution in [0.25, 0.3) is 0 Å². The highest BCUT2D eigenvalue weighted by atomic mass is 32.2. The minimum Gasteiger partial charge on any atom is -0.393 e. The Kier molecular flexibility index (Phi) is 3.98. The summed E-state index contributed by atoms with van der Waals surface area (Å²) >= 11 is 1.46. The number of likely N-dealkylation sites (tertiary alicyclic amines) is 1. The number of nitrogens with zero attached hydrogens (tertiary/aromatic N) is 4. The molecule has 7 heteroatoms. The van der Waals surface area contributed by atoms with Gasteiger partial charge in [0.15, 0.2) is 5.16 Å². The van der Waals surface area contributed by atoms with E-state index in [1.165, 1.54) is 24.6 Å². The number of hydrogen-bond donors (Lipinski definition) is 1. The van der Waals surface area contributed by atoms with Gasteiger partial charge >= 0.3 is 0 Å². The Morgan fingerprint density at radius 1 is 1.55 bits per heavy atom. The number of thioether (sulfide) groups is 1. The zero-order valence-electron chi connectivity index (χ0n) is 11.6. The van der Waals surface area contributed by atoms with Crippen LogP contribution in [0, 0.1) is 5.92 Å². The van der Waals surface area contributed by atoms with E-state index in [1.807, 2.05) is 4.90 Å². The zero-order valence-corrected chi connectivity index (χ0v) is 12.4. The van der Waals surface area contributed by atoms with Gasteiger partial charge < -0.3 is 14.6 Å². The van der Waals surface area contributed by atoms with Crippen molar-refractivity contribution in [3.8, 4) is 0 Å². The second kappa shape index (κ2) is 5.73. The Morgan fingerprint density at radius 2 is 2.35 bits per heavy atom. The molecule has 2 fully saturated rings. The molecule has 110 valence electrons. The molecule has 0 spiro atoms. The topological polar surface area (TPSA) is 71.2 Å². The fourth-order valence-corrected chi connectivity index (χ4v) is 3.45. The van der Waals surface area contributed by atoms with Crippen LogP contribution in [0.15, 0.2) is 11.5 Å². The van der Waals surface area contributed by atoms with E-state index < -0.39 is 0 Å². The van der Waals surface area contributed by atoms with Crippen LogP contribution < -0.4 is 0 Å². The largest absolute Gasteiger partial charge is 0.393 e. The normalized spacial score (nSPS) is 24.1. The van der Waals surface area contributed by atoms with Crippen molar-refractivity contribution in [2.75, 3.05) is 18.8 Å². The van der Waals surface area contributed by atoms with E-state index in [9.17, 15) is 9.90 Å². The van der Waals surface area contributed by atoms with Gasteiger partial charge in [-0.25, -0.2) is 0 Å². The number of rotatable bonds is 5. The summed E-state index contributed by atoms with van der Waals surface area (Å²) in [5, 5.41) is 18.4. The minimum atomic E-state index is -0.335. The summed E-state index contributed by atoms with van der Waals surface area (Å²) in [4.78, 5) is 14.0. The second-order valence-electron chi connectivity index (χ2n) is 5.67. The van der Waals surface area contributed by atoms with E-state index in [4.69, 9.17) is 0 Å². The van der Waals surface area contributed by atoms with Crippen molar-refractivity contribution in [2.45, 2.75) is 43.5 Å². The van der Waals surface area contributed by atoms with E-state index >= 15 is 0 Å². The van der Waals surface area contributed by atoms with Gasteiger partial charge in [0.2, 0.25) is 5.91 Å². The third kappa shape index (κ3) is 2.98. The molecule has 1 saturated carbocycles. The van der Waals surface area contributed by atoms with Crippen molar-refractivity contribution in [2.24, 2.45) is 5.92 Å². The summed E-state index contributed by atoms with van der Waals surface area (Å²) in [5.74, 6) is 0.750. The highest BCUT2D eigenvalue weighted by molar-refractivity contribution is 7.99. The molecule has 1 aliphatic carbocycles. The van der Waals surface area contributed by atoms with E-state index in [1.54, 1.807) is 13.3 Å². The van der Waals surface area contributed by atoms with Crippen molar-refractivity contribution in [1.29, 1.82) is 0 Å². The van der Waals surface area contributed by atoms with E-state index in [-0.39, 0.29) is 17.9 Å². The molecule has 3 rings (SSSR count). The average molecular weight is 296 g/mol. The van der Waals surface area contributed by atoms with Gasteiger partial charge in [0.25, 0.3) is 0 Å². The van der Waals surface area contributed by atoms with Crippen LogP contribution >= 0.6 is 11.8 Å². The first-order valence-corrected chi connectivity index (χ1v) is 8.12. The van der Waals surface area contributed by atoms with Crippen molar-refractivity contribution in [3.63, 3.8) is 0 Å². The Balaban J connectivity index is 1.51. The van der Waals surface area contributed by atoms with Gasteiger partial charge in [0.1, 0.15) is 6.33 Å². The first-order valence-electron chi connectivity index (χ1n) is 7.13. The molecule has 1 amide bonds. The van der Waals surface area contributed by atoms with Crippen molar-refractivity contribution >= 4 is 17.7 Å². The maximum atomic E-state index is 12.2. The number of amides is 1. The van der Waals surface area contributed by atoms with Crippen LogP contribution in [0.5, 0.6) is 0 Å². The van der Waals surface area contributed by atoms with Crippen LogP contribution in [0.1, 0.15) is 32.2 Å². The predicted octanol–water partition coefficient (Wildman–Crippen LogP) is 0.934. The Bertz CT molecular complexity index is 486. The fraction of sp³-hybridized carbons (Fsp3) is 0.769. The standard InChI is InChI=1S/C13H20N4O2S/c1-9(18)10-4-5-16(6-10)12(19)7-20-13-15-14-8-17(13)11-2-3-11/h8-11,18H,2-7H2,1H3. The molecule has 1 aliphatic heterocycles. The molecule has 0 aromatic carbocycles. The van der Waals surface area contributed by atoms with Crippen LogP contribution in [0.2, 0.25) is 0 Å². The lowest BCUT2D eigenvalue weighted by atomic mass is 10.0. The lowest BCUT2D eigenvalue weighted by Gasteiger charge is -2.17. The first kappa shape index (κ1) is 13.9. The minimum absolute atomic E-state index is 0.128. The third-order valence-electron chi connectivity index (χ3n) is 4.06. The van der Waals surface area contributed by atoms with Crippen LogP contribution in [-0.4, -0.2) is 55.6 Å².